The summed E-state index contributed by atoms with van der Waals surface area (Å²) in [4.78, 5) is 2.34. The number of hydrogen-bond acceptors (Lipinski definition) is 2. The molecule has 0 aromatic heterocycles. The highest BCUT2D eigenvalue weighted by Crippen LogP contribution is 2.28. The molecule has 0 radical (unpaired) electrons. The second-order valence-electron chi connectivity index (χ2n) is 4.93. The molecule has 0 amide bonds. The van der Waals surface area contributed by atoms with E-state index < -0.39 is 0 Å². The molecule has 0 N–H and O–H groups in total. The van der Waals surface area contributed by atoms with Crippen molar-refractivity contribution >= 4 is 11.6 Å². The molecule has 2 aromatic carbocycles. The van der Waals surface area contributed by atoms with Gasteiger partial charge in [-0.05, 0) is 31.3 Å². The van der Waals surface area contributed by atoms with E-state index in [2.05, 4.69) is 18.7 Å². The molecular formula is C18H22ClNO. The van der Waals surface area contributed by atoms with Crippen LogP contribution in [0.4, 0.5) is 0 Å². The van der Waals surface area contributed by atoms with Crippen LogP contribution < -0.4 is 4.74 Å². The van der Waals surface area contributed by atoms with Gasteiger partial charge in [-0.2, -0.15) is 0 Å². The predicted molar refractivity (Wildman–Crippen MR) is 89.1 cm³/mol. The molecule has 0 saturated heterocycles. The van der Waals surface area contributed by atoms with Crippen molar-refractivity contribution in [3.05, 3.63) is 65.2 Å². The van der Waals surface area contributed by atoms with Crippen LogP contribution in [0.5, 0.6) is 5.75 Å². The molecular weight excluding hydrogens is 282 g/mol. The van der Waals surface area contributed by atoms with Crippen LogP contribution in [0.3, 0.4) is 0 Å². The third-order valence-corrected chi connectivity index (χ3v) is 3.94. The van der Waals surface area contributed by atoms with Gasteiger partial charge >= 0.3 is 0 Å². The Bertz CT molecular complexity index is 540. The molecule has 0 aliphatic carbocycles. The van der Waals surface area contributed by atoms with Gasteiger partial charge in [0, 0.05) is 17.1 Å². The van der Waals surface area contributed by atoms with Crippen molar-refractivity contribution in [2.45, 2.75) is 20.0 Å². The van der Waals surface area contributed by atoms with Crippen LogP contribution >= 0.6 is 11.6 Å². The Morgan fingerprint density at radius 1 is 0.952 bits per heavy atom. The Kier molecular flexibility index (Phi) is 6.09. The zero-order chi connectivity index (χ0) is 15.1. The summed E-state index contributed by atoms with van der Waals surface area (Å²) in [6, 6.07) is 17.8. The zero-order valence-electron chi connectivity index (χ0n) is 12.6. The first-order valence-corrected chi connectivity index (χ1v) is 7.80. The fourth-order valence-corrected chi connectivity index (χ4v) is 2.57. The topological polar surface area (TPSA) is 12.5 Å². The SMILES string of the molecule is CCN(CC)C[C@@H](Oc1ccccc1)c1ccccc1Cl. The average Bonchev–Trinajstić information content (AvgIpc) is 2.53. The number of hydrogen-bond donors (Lipinski definition) is 0. The third-order valence-electron chi connectivity index (χ3n) is 3.59. The maximum atomic E-state index is 6.36. The van der Waals surface area contributed by atoms with Gasteiger partial charge in [-0.3, -0.25) is 4.90 Å². The predicted octanol–water partition coefficient (Wildman–Crippen LogP) is 4.80. The van der Waals surface area contributed by atoms with Crippen LogP contribution in [0.15, 0.2) is 54.6 Å². The molecule has 112 valence electrons. The van der Waals surface area contributed by atoms with Crippen molar-refractivity contribution in [3.8, 4) is 5.75 Å². The van der Waals surface area contributed by atoms with E-state index in [0.717, 1.165) is 36.0 Å². The van der Waals surface area contributed by atoms with Gasteiger partial charge in [0.05, 0.1) is 0 Å². The van der Waals surface area contributed by atoms with Gasteiger partial charge in [-0.1, -0.05) is 61.8 Å². The Labute approximate surface area is 132 Å². The van der Waals surface area contributed by atoms with E-state index in [0.29, 0.717) is 0 Å². The first kappa shape index (κ1) is 15.9. The largest absolute Gasteiger partial charge is 0.484 e. The number of nitrogens with zero attached hydrogens (tertiary/aromatic N) is 1. The van der Waals surface area contributed by atoms with E-state index in [9.17, 15) is 0 Å². The smallest absolute Gasteiger partial charge is 0.138 e. The molecule has 0 aliphatic heterocycles. The quantitative estimate of drug-likeness (QED) is 0.728. The van der Waals surface area contributed by atoms with Crippen molar-refractivity contribution in [1.29, 1.82) is 0 Å². The van der Waals surface area contributed by atoms with Gasteiger partial charge < -0.3 is 4.74 Å². The molecule has 21 heavy (non-hydrogen) atoms. The number of ether oxygens (including phenoxy) is 1. The van der Waals surface area contributed by atoms with Crippen LogP contribution in [0.1, 0.15) is 25.5 Å². The summed E-state index contributed by atoms with van der Waals surface area (Å²) in [6.07, 6.45) is -0.0685. The van der Waals surface area contributed by atoms with Crippen molar-refractivity contribution in [3.63, 3.8) is 0 Å². The number of rotatable bonds is 7. The lowest BCUT2D eigenvalue weighted by Gasteiger charge is -2.27. The van der Waals surface area contributed by atoms with Gasteiger partial charge in [-0.25, -0.2) is 0 Å². The summed E-state index contributed by atoms with van der Waals surface area (Å²) in [6.45, 7) is 7.14. The van der Waals surface area contributed by atoms with Crippen molar-refractivity contribution in [2.24, 2.45) is 0 Å². The van der Waals surface area contributed by atoms with Gasteiger partial charge in [0.15, 0.2) is 0 Å². The summed E-state index contributed by atoms with van der Waals surface area (Å²) < 4.78 is 6.19. The maximum absolute atomic E-state index is 6.36. The van der Waals surface area contributed by atoms with E-state index in [4.69, 9.17) is 16.3 Å². The number of likely N-dealkylation sites (N-methyl/N-ethyl adjacent to an activating group) is 1. The van der Waals surface area contributed by atoms with E-state index in [-0.39, 0.29) is 6.10 Å². The molecule has 3 heteroatoms. The molecule has 0 bridgehead atoms. The lowest BCUT2D eigenvalue weighted by molar-refractivity contribution is 0.140. The summed E-state index contributed by atoms with van der Waals surface area (Å²) >= 11 is 6.36. The molecule has 2 nitrogen and oxygen atoms in total. The molecule has 2 rings (SSSR count). The fourth-order valence-electron chi connectivity index (χ4n) is 2.31. The van der Waals surface area contributed by atoms with E-state index in [1.807, 2.05) is 54.6 Å². The minimum Gasteiger partial charge on any atom is -0.484 e. The number of halogens is 1. The number of para-hydroxylation sites is 1. The third kappa shape index (κ3) is 4.48. The molecule has 1 atom stereocenters. The Morgan fingerprint density at radius 3 is 2.19 bits per heavy atom. The van der Waals surface area contributed by atoms with E-state index >= 15 is 0 Å². The minimum atomic E-state index is -0.0685. The molecule has 0 fully saturated rings. The van der Waals surface area contributed by atoms with Gasteiger partial charge in [0.25, 0.3) is 0 Å². The minimum absolute atomic E-state index is 0.0685. The summed E-state index contributed by atoms with van der Waals surface area (Å²) in [5.41, 5.74) is 1.04. The Balaban J connectivity index is 2.24. The van der Waals surface area contributed by atoms with Crippen LogP contribution in [0, 0.1) is 0 Å². The second kappa shape index (κ2) is 8.06. The summed E-state index contributed by atoms with van der Waals surface area (Å²) in [5.74, 6) is 0.870. The molecule has 2 aromatic rings. The monoisotopic (exact) mass is 303 g/mol. The highest BCUT2D eigenvalue weighted by Gasteiger charge is 2.19. The van der Waals surface area contributed by atoms with Gasteiger partial charge in [-0.15, -0.1) is 0 Å². The molecule has 0 unspecified atom stereocenters. The first-order chi connectivity index (χ1) is 10.2. The zero-order valence-corrected chi connectivity index (χ0v) is 13.4. The number of benzene rings is 2. The first-order valence-electron chi connectivity index (χ1n) is 7.43. The van der Waals surface area contributed by atoms with Crippen molar-refractivity contribution in [2.75, 3.05) is 19.6 Å². The second-order valence-corrected chi connectivity index (χ2v) is 5.33. The maximum Gasteiger partial charge on any atom is 0.138 e. The van der Waals surface area contributed by atoms with Crippen LogP contribution in [-0.2, 0) is 0 Å². The lowest BCUT2D eigenvalue weighted by Crippen LogP contribution is -2.30. The van der Waals surface area contributed by atoms with Crippen LogP contribution in [0.2, 0.25) is 5.02 Å². The molecule has 0 heterocycles. The Hall–Kier alpha value is -1.51. The van der Waals surface area contributed by atoms with Crippen LogP contribution in [-0.4, -0.2) is 24.5 Å². The molecule has 0 aliphatic rings. The normalized spacial score (nSPS) is 12.4. The highest BCUT2D eigenvalue weighted by atomic mass is 35.5. The van der Waals surface area contributed by atoms with Crippen molar-refractivity contribution in [1.82, 2.24) is 4.90 Å². The molecule has 0 saturated carbocycles. The standard InChI is InChI=1S/C18H22ClNO/c1-3-20(4-2)14-18(16-12-8-9-13-17(16)19)21-15-10-6-5-7-11-15/h5-13,18H,3-4,14H2,1-2H3/t18-/m1/s1. The van der Waals surface area contributed by atoms with Crippen molar-refractivity contribution < 1.29 is 4.74 Å². The van der Waals surface area contributed by atoms with E-state index in [1.165, 1.54) is 0 Å². The lowest BCUT2D eigenvalue weighted by atomic mass is 10.1. The van der Waals surface area contributed by atoms with Gasteiger partial charge in [0.1, 0.15) is 11.9 Å². The fraction of sp³-hybridized carbons (Fsp3) is 0.333. The Morgan fingerprint density at radius 2 is 1.57 bits per heavy atom. The van der Waals surface area contributed by atoms with E-state index in [1.54, 1.807) is 0 Å². The van der Waals surface area contributed by atoms with Gasteiger partial charge in [0.2, 0.25) is 0 Å². The average molecular weight is 304 g/mol. The van der Waals surface area contributed by atoms with Crippen LogP contribution in [0.25, 0.3) is 0 Å². The summed E-state index contributed by atoms with van der Waals surface area (Å²) in [5, 5.41) is 0.755. The highest BCUT2D eigenvalue weighted by molar-refractivity contribution is 6.31. The summed E-state index contributed by atoms with van der Waals surface area (Å²) in [7, 11) is 0. The molecule has 0 spiro atoms.